The molecule has 122 valence electrons. The van der Waals surface area contributed by atoms with Crippen LogP contribution in [0.15, 0.2) is 18.2 Å². The van der Waals surface area contributed by atoms with Crippen LogP contribution in [0.4, 0.5) is 0 Å². The smallest absolute Gasteiger partial charge is 0.305 e. The summed E-state index contributed by atoms with van der Waals surface area (Å²) in [4.78, 5) is 22.7. The Labute approximate surface area is 130 Å². The fourth-order valence-corrected chi connectivity index (χ4v) is 2.15. The number of carboxylic acids is 1. The lowest BCUT2D eigenvalue weighted by molar-refractivity contribution is -0.137. The highest BCUT2D eigenvalue weighted by molar-refractivity contribution is 5.79. The number of carbonyl (C=O) groups is 2. The summed E-state index contributed by atoms with van der Waals surface area (Å²) in [5.74, 6) is -0.108. The van der Waals surface area contributed by atoms with Crippen LogP contribution < -0.4 is 14.8 Å². The van der Waals surface area contributed by atoms with E-state index in [2.05, 4.69) is 5.32 Å². The van der Waals surface area contributed by atoms with E-state index >= 15 is 0 Å². The zero-order valence-corrected chi connectivity index (χ0v) is 13.4. The third kappa shape index (κ3) is 5.27. The van der Waals surface area contributed by atoms with E-state index in [1.165, 1.54) is 0 Å². The van der Waals surface area contributed by atoms with Crippen LogP contribution in [0.3, 0.4) is 0 Å². The van der Waals surface area contributed by atoms with Gasteiger partial charge in [-0.2, -0.15) is 0 Å². The molecule has 22 heavy (non-hydrogen) atoms. The zero-order chi connectivity index (χ0) is 16.7. The molecule has 6 nitrogen and oxygen atoms in total. The van der Waals surface area contributed by atoms with Gasteiger partial charge in [-0.05, 0) is 31.0 Å². The molecule has 0 fully saturated rings. The molecule has 1 rings (SSSR count). The van der Waals surface area contributed by atoms with Gasteiger partial charge in [0, 0.05) is 12.0 Å². The number of carbonyl (C=O) groups excluding carboxylic acids is 1. The lowest BCUT2D eigenvalue weighted by atomic mass is 9.99. The quantitative estimate of drug-likeness (QED) is 0.765. The summed E-state index contributed by atoms with van der Waals surface area (Å²) < 4.78 is 10.4. The fourth-order valence-electron chi connectivity index (χ4n) is 2.15. The van der Waals surface area contributed by atoms with Crippen LogP contribution in [0.2, 0.25) is 0 Å². The molecule has 2 unspecified atom stereocenters. The van der Waals surface area contributed by atoms with Crippen LogP contribution in [-0.4, -0.2) is 37.2 Å². The summed E-state index contributed by atoms with van der Waals surface area (Å²) in [5, 5.41) is 11.4. The second-order valence-corrected chi connectivity index (χ2v) is 5.30. The van der Waals surface area contributed by atoms with Gasteiger partial charge in [0.1, 0.15) is 0 Å². The van der Waals surface area contributed by atoms with E-state index in [9.17, 15) is 9.59 Å². The molecule has 0 bridgehead atoms. The van der Waals surface area contributed by atoms with Gasteiger partial charge < -0.3 is 19.9 Å². The second-order valence-electron chi connectivity index (χ2n) is 5.30. The summed E-state index contributed by atoms with van der Waals surface area (Å²) in [7, 11) is 3.13. The molecule has 2 N–H and O–H groups in total. The molecule has 0 aliphatic carbocycles. The number of nitrogens with one attached hydrogen (secondary N) is 1. The van der Waals surface area contributed by atoms with E-state index < -0.39 is 12.0 Å². The number of amides is 1. The normalized spacial score (nSPS) is 13.1. The Bertz CT molecular complexity index is 529. The van der Waals surface area contributed by atoms with Crippen molar-refractivity contribution in [3.05, 3.63) is 23.8 Å². The molecule has 0 aliphatic rings. The van der Waals surface area contributed by atoms with Gasteiger partial charge >= 0.3 is 5.97 Å². The van der Waals surface area contributed by atoms with Crippen molar-refractivity contribution >= 4 is 11.9 Å². The Balaban J connectivity index is 2.65. The number of ether oxygens (including phenoxy) is 2. The third-order valence-electron chi connectivity index (χ3n) is 3.31. The van der Waals surface area contributed by atoms with Gasteiger partial charge in [0.05, 0.1) is 20.6 Å². The summed E-state index contributed by atoms with van der Waals surface area (Å²) >= 11 is 0. The molecular weight excluding hydrogens is 286 g/mol. The van der Waals surface area contributed by atoms with Crippen LogP contribution in [0, 0.1) is 5.92 Å². The predicted octanol–water partition coefficient (Wildman–Crippen LogP) is 1.86. The van der Waals surface area contributed by atoms with E-state index in [1.807, 2.05) is 12.1 Å². The lowest BCUT2D eigenvalue weighted by Gasteiger charge is -2.17. The number of aliphatic carboxylic acids is 1. The van der Waals surface area contributed by atoms with Gasteiger partial charge in [-0.1, -0.05) is 13.0 Å². The fraction of sp³-hybridized carbons (Fsp3) is 0.500. The van der Waals surface area contributed by atoms with E-state index in [4.69, 9.17) is 14.6 Å². The first-order valence-electron chi connectivity index (χ1n) is 7.10. The van der Waals surface area contributed by atoms with Crippen molar-refractivity contribution in [2.24, 2.45) is 5.92 Å². The van der Waals surface area contributed by atoms with Gasteiger partial charge in [-0.25, -0.2) is 0 Å². The first kappa shape index (κ1) is 17.8. The number of methoxy groups -OCH3 is 2. The van der Waals surface area contributed by atoms with Crippen molar-refractivity contribution in [2.45, 2.75) is 32.7 Å². The Morgan fingerprint density at radius 2 is 1.82 bits per heavy atom. The summed E-state index contributed by atoms with van der Waals surface area (Å²) in [6, 6.07) is 5.12. The number of benzene rings is 1. The van der Waals surface area contributed by atoms with Gasteiger partial charge in [-0.15, -0.1) is 0 Å². The Kier molecular flexibility index (Phi) is 6.69. The van der Waals surface area contributed by atoms with E-state index in [0.29, 0.717) is 17.9 Å². The van der Waals surface area contributed by atoms with Gasteiger partial charge in [0.15, 0.2) is 11.5 Å². The number of rotatable bonds is 8. The van der Waals surface area contributed by atoms with Crippen molar-refractivity contribution in [2.75, 3.05) is 14.2 Å². The van der Waals surface area contributed by atoms with Crippen LogP contribution in [0.5, 0.6) is 11.5 Å². The van der Waals surface area contributed by atoms with Crippen LogP contribution in [-0.2, 0) is 16.0 Å². The average Bonchev–Trinajstić information content (AvgIpc) is 2.45. The standard InChI is InChI=1S/C16H23NO5/c1-10(16(20)17-11(2)8-15(18)19)7-12-5-6-13(21-3)14(9-12)22-4/h5-6,9-11H,7-8H2,1-4H3,(H,17,20)(H,18,19). The van der Waals surface area contributed by atoms with Crippen LogP contribution >= 0.6 is 0 Å². The van der Waals surface area contributed by atoms with Crippen molar-refractivity contribution < 1.29 is 24.2 Å². The van der Waals surface area contributed by atoms with Gasteiger partial charge in [0.2, 0.25) is 5.91 Å². The Morgan fingerprint density at radius 3 is 2.36 bits per heavy atom. The molecule has 0 aromatic heterocycles. The number of hydrogen-bond donors (Lipinski definition) is 2. The largest absolute Gasteiger partial charge is 0.493 e. The topological polar surface area (TPSA) is 84.9 Å². The van der Waals surface area contributed by atoms with Crippen molar-refractivity contribution in [3.8, 4) is 11.5 Å². The molecule has 0 saturated heterocycles. The summed E-state index contributed by atoms with van der Waals surface area (Å²) in [5.41, 5.74) is 0.950. The summed E-state index contributed by atoms with van der Waals surface area (Å²) in [6.45, 7) is 3.48. The molecule has 2 atom stereocenters. The van der Waals surface area contributed by atoms with E-state index in [-0.39, 0.29) is 18.2 Å². The SMILES string of the molecule is COc1ccc(CC(C)C(=O)NC(C)CC(=O)O)cc1OC. The van der Waals surface area contributed by atoms with Crippen molar-refractivity contribution in [3.63, 3.8) is 0 Å². The van der Waals surface area contributed by atoms with Gasteiger partial charge in [0.25, 0.3) is 0 Å². The van der Waals surface area contributed by atoms with E-state index in [0.717, 1.165) is 5.56 Å². The van der Waals surface area contributed by atoms with Crippen molar-refractivity contribution in [1.29, 1.82) is 0 Å². The Hall–Kier alpha value is -2.24. The van der Waals surface area contributed by atoms with Crippen LogP contribution in [0.1, 0.15) is 25.8 Å². The third-order valence-corrected chi connectivity index (χ3v) is 3.31. The number of hydrogen-bond acceptors (Lipinski definition) is 4. The molecule has 0 radical (unpaired) electrons. The minimum absolute atomic E-state index is 0.0885. The molecule has 0 aliphatic heterocycles. The minimum atomic E-state index is -0.930. The average molecular weight is 309 g/mol. The first-order chi connectivity index (χ1) is 10.4. The predicted molar refractivity (Wildman–Crippen MR) is 82.3 cm³/mol. The number of carboxylic acid groups (broad SMARTS) is 1. The monoisotopic (exact) mass is 309 g/mol. The van der Waals surface area contributed by atoms with E-state index in [1.54, 1.807) is 34.1 Å². The molecule has 0 heterocycles. The van der Waals surface area contributed by atoms with Gasteiger partial charge in [-0.3, -0.25) is 9.59 Å². The molecule has 1 aromatic rings. The van der Waals surface area contributed by atoms with Crippen molar-refractivity contribution in [1.82, 2.24) is 5.32 Å². The Morgan fingerprint density at radius 1 is 1.18 bits per heavy atom. The maximum atomic E-state index is 12.1. The highest BCUT2D eigenvalue weighted by Gasteiger charge is 2.18. The molecular formula is C16H23NO5. The molecule has 0 spiro atoms. The van der Waals surface area contributed by atoms with Crippen LogP contribution in [0.25, 0.3) is 0 Å². The minimum Gasteiger partial charge on any atom is -0.493 e. The highest BCUT2D eigenvalue weighted by Crippen LogP contribution is 2.28. The second kappa shape index (κ2) is 8.26. The molecule has 0 saturated carbocycles. The summed E-state index contributed by atoms with van der Waals surface area (Å²) in [6.07, 6.45) is 0.445. The molecule has 6 heteroatoms. The maximum absolute atomic E-state index is 12.1. The maximum Gasteiger partial charge on any atom is 0.305 e. The lowest BCUT2D eigenvalue weighted by Crippen LogP contribution is -2.38. The molecule has 1 amide bonds. The first-order valence-corrected chi connectivity index (χ1v) is 7.10. The molecule has 1 aromatic carbocycles. The highest BCUT2D eigenvalue weighted by atomic mass is 16.5. The zero-order valence-electron chi connectivity index (χ0n) is 13.4.